The summed E-state index contributed by atoms with van der Waals surface area (Å²) in [6.07, 6.45) is -3.61. The maximum absolute atomic E-state index is 12.6. The molecule has 0 unspecified atom stereocenters. The lowest BCUT2D eigenvalue weighted by atomic mass is 10.2. The van der Waals surface area contributed by atoms with Gasteiger partial charge in [0.2, 0.25) is 5.91 Å². The molecule has 1 N–H and O–H groups in total. The topological polar surface area (TPSA) is 99.3 Å². The first kappa shape index (κ1) is 20.8. The van der Waals surface area contributed by atoms with Crippen LogP contribution in [-0.4, -0.2) is 20.6 Å². The quantitative estimate of drug-likeness (QED) is 0.466. The number of carbonyl (C=O) groups is 1. The van der Waals surface area contributed by atoms with Crippen LogP contribution in [0, 0.1) is 17.0 Å². The number of nitrogens with one attached hydrogen (secondary N) is 1. The number of nitrogens with zero attached hydrogens (tertiary/aromatic N) is 3. The molecule has 1 amide bonds. The van der Waals surface area contributed by atoms with Gasteiger partial charge in [-0.3, -0.25) is 19.6 Å². The predicted molar refractivity (Wildman–Crippen MR) is 100 cm³/mol. The maximum Gasteiger partial charge on any atom is 0.435 e. The summed E-state index contributed by atoms with van der Waals surface area (Å²) in [7, 11) is 0. The Morgan fingerprint density at radius 1 is 1.23 bits per heavy atom. The van der Waals surface area contributed by atoms with E-state index in [0.29, 0.717) is 5.75 Å². The summed E-state index contributed by atoms with van der Waals surface area (Å²) in [6, 6.07) is 11.5. The van der Waals surface area contributed by atoms with Crippen LogP contribution in [0.25, 0.3) is 0 Å². The molecule has 1 aromatic heterocycles. The van der Waals surface area contributed by atoms with E-state index in [1.165, 1.54) is 12.1 Å². The highest BCUT2D eigenvalue weighted by atomic mass is 19.4. The highest BCUT2D eigenvalue weighted by Crippen LogP contribution is 2.31. The van der Waals surface area contributed by atoms with Crippen molar-refractivity contribution >= 4 is 17.3 Å². The summed E-state index contributed by atoms with van der Waals surface area (Å²) in [5.74, 6) is -0.118. The Labute approximate surface area is 168 Å². The first-order chi connectivity index (χ1) is 14.1. The van der Waals surface area contributed by atoms with Crippen LogP contribution >= 0.6 is 0 Å². The molecule has 0 aliphatic carbocycles. The molecule has 0 saturated carbocycles. The highest BCUT2D eigenvalue weighted by molar-refractivity contribution is 5.91. The molecule has 0 radical (unpaired) electrons. The van der Waals surface area contributed by atoms with E-state index in [0.717, 1.165) is 28.6 Å². The van der Waals surface area contributed by atoms with Gasteiger partial charge in [-0.25, -0.2) is 0 Å². The molecule has 11 heteroatoms. The van der Waals surface area contributed by atoms with Crippen LogP contribution in [-0.2, 0) is 17.5 Å². The Bertz CT molecular complexity index is 1100. The van der Waals surface area contributed by atoms with Gasteiger partial charge < -0.3 is 10.1 Å². The van der Waals surface area contributed by atoms with Gasteiger partial charge in [-0.2, -0.15) is 18.3 Å². The lowest BCUT2D eigenvalue weighted by Gasteiger charge is -2.11. The number of carbonyl (C=O) groups excluding carboxylic acids is 1. The van der Waals surface area contributed by atoms with E-state index < -0.39 is 29.2 Å². The molecular weight excluding hydrogens is 405 g/mol. The third kappa shape index (κ3) is 5.13. The molecular formula is C19H15F3N4O4. The van der Waals surface area contributed by atoms with E-state index in [9.17, 15) is 28.1 Å². The van der Waals surface area contributed by atoms with Gasteiger partial charge in [0.1, 0.15) is 18.0 Å². The molecule has 0 fully saturated rings. The fraction of sp³-hybridized carbons (Fsp3) is 0.158. The van der Waals surface area contributed by atoms with Crippen molar-refractivity contribution in [2.75, 3.05) is 5.32 Å². The standard InChI is InChI=1S/C19H15F3N4O4/c1-12-4-2-3-5-16(12)30-15-9-13(8-14(10-15)26(28)29)23-18(27)11-25-7-6-17(24-25)19(20,21)22/h2-10H,11H2,1H3,(H,23,27). The number of halogens is 3. The van der Waals surface area contributed by atoms with Crippen LogP contribution in [0.4, 0.5) is 24.5 Å². The first-order valence-electron chi connectivity index (χ1n) is 8.55. The van der Waals surface area contributed by atoms with E-state index in [2.05, 4.69) is 10.4 Å². The summed E-state index contributed by atoms with van der Waals surface area (Å²) in [5.41, 5.74) is -0.593. The van der Waals surface area contributed by atoms with Crippen molar-refractivity contribution in [2.24, 2.45) is 0 Å². The zero-order chi connectivity index (χ0) is 21.9. The van der Waals surface area contributed by atoms with Crippen LogP contribution < -0.4 is 10.1 Å². The Hall–Kier alpha value is -3.89. The van der Waals surface area contributed by atoms with Crippen LogP contribution in [0.3, 0.4) is 0 Å². The number of alkyl halides is 3. The number of ether oxygens (including phenoxy) is 1. The fourth-order valence-corrected chi connectivity index (χ4v) is 2.57. The molecule has 0 aliphatic rings. The van der Waals surface area contributed by atoms with E-state index in [1.807, 2.05) is 0 Å². The molecule has 0 spiro atoms. The molecule has 0 aliphatic heterocycles. The number of rotatable bonds is 6. The number of aromatic nitrogens is 2. The molecule has 3 rings (SSSR count). The first-order valence-corrected chi connectivity index (χ1v) is 8.55. The van der Waals surface area contributed by atoms with Crippen LogP contribution in [0.2, 0.25) is 0 Å². The Morgan fingerprint density at radius 2 is 1.97 bits per heavy atom. The smallest absolute Gasteiger partial charge is 0.435 e. The van der Waals surface area contributed by atoms with Crippen molar-refractivity contribution in [3.8, 4) is 11.5 Å². The summed E-state index contributed by atoms with van der Waals surface area (Å²) >= 11 is 0. The molecule has 3 aromatic rings. The molecule has 0 saturated heterocycles. The van der Waals surface area contributed by atoms with Gasteiger partial charge in [-0.15, -0.1) is 0 Å². The zero-order valence-electron chi connectivity index (χ0n) is 15.5. The van der Waals surface area contributed by atoms with Crippen molar-refractivity contribution in [3.63, 3.8) is 0 Å². The number of hydrogen-bond acceptors (Lipinski definition) is 5. The van der Waals surface area contributed by atoms with Gasteiger partial charge in [0.05, 0.1) is 16.7 Å². The van der Waals surface area contributed by atoms with Crippen molar-refractivity contribution in [1.29, 1.82) is 0 Å². The summed E-state index contributed by atoms with van der Waals surface area (Å²) in [4.78, 5) is 22.7. The largest absolute Gasteiger partial charge is 0.457 e. The third-order valence-electron chi connectivity index (χ3n) is 3.94. The number of anilines is 1. The number of benzene rings is 2. The summed E-state index contributed by atoms with van der Waals surface area (Å²) in [6.45, 7) is 1.29. The van der Waals surface area contributed by atoms with E-state index >= 15 is 0 Å². The van der Waals surface area contributed by atoms with E-state index in [4.69, 9.17) is 4.74 Å². The second-order valence-corrected chi connectivity index (χ2v) is 6.28. The molecule has 30 heavy (non-hydrogen) atoms. The highest BCUT2D eigenvalue weighted by Gasteiger charge is 2.33. The van der Waals surface area contributed by atoms with Crippen molar-refractivity contribution in [1.82, 2.24) is 9.78 Å². The maximum atomic E-state index is 12.6. The fourth-order valence-electron chi connectivity index (χ4n) is 2.57. The Balaban J connectivity index is 1.78. The van der Waals surface area contributed by atoms with Crippen molar-refractivity contribution in [2.45, 2.75) is 19.6 Å². The molecule has 2 aromatic carbocycles. The second kappa shape index (κ2) is 8.23. The Morgan fingerprint density at radius 3 is 2.60 bits per heavy atom. The lowest BCUT2D eigenvalue weighted by molar-refractivity contribution is -0.384. The number of hydrogen-bond donors (Lipinski definition) is 1. The zero-order valence-corrected chi connectivity index (χ0v) is 15.5. The van der Waals surface area contributed by atoms with Gasteiger partial charge in [-0.1, -0.05) is 18.2 Å². The molecule has 156 valence electrons. The normalized spacial score (nSPS) is 11.2. The number of nitro groups is 1. The van der Waals surface area contributed by atoms with Gasteiger partial charge in [-0.05, 0) is 24.6 Å². The van der Waals surface area contributed by atoms with Gasteiger partial charge in [0, 0.05) is 18.3 Å². The monoisotopic (exact) mass is 420 g/mol. The predicted octanol–water partition coefficient (Wildman–Crippen LogP) is 4.55. The minimum Gasteiger partial charge on any atom is -0.457 e. The van der Waals surface area contributed by atoms with Gasteiger partial charge in [0.25, 0.3) is 5.69 Å². The van der Waals surface area contributed by atoms with Crippen molar-refractivity contribution < 1.29 is 27.6 Å². The number of para-hydroxylation sites is 1. The summed E-state index contributed by atoms with van der Waals surface area (Å²) in [5, 5.41) is 16.9. The number of aryl methyl sites for hydroxylation is 1. The molecule has 0 atom stereocenters. The third-order valence-corrected chi connectivity index (χ3v) is 3.94. The SMILES string of the molecule is Cc1ccccc1Oc1cc(NC(=O)Cn2ccc(C(F)(F)F)n2)cc([N+](=O)[O-])c1. The average Bonchev–Trinajstić information content (AvgIpc) is 3.12. The van der Waals surface area contributed by atoms with Gasteiger partial charge >= 0.3 is 6.18 Å². The van der Waals surface area contributed by atoms with Crippen molar-refractivity contribution in [3.05, 3.63) is 76.1 Å². The molecule has 0 bridgehead atoms. The number of non-ortho nitro benzene ring substituents is 1. The second-order valence-electron chi connectivity index (χ2n) is 6.28. The number of amides is 1. The lowest BCUT2D eigenvalue weighted by Crippen LogP contribution is -2.19. The summed E-state index contributed by atoms with van der Waals surface area (Å²) < 4.78 is 44.3. The Kier molecular flexibility index (Phi) is 5.72. The van der Waals surface area contributed by atoms with Crippen LogP contribution in [0.15, 0.2) is 54.7 Å². The van der Waals surface area contributed by atoms with Gasteiger partial charge in [0.15, 0.2) is 5.69 Å². The number of nitro benzene ring substituents is 1. The van der Waals surface area contributed by atoms with E-state index in [-0.39, 0.29) is 17.1 Å². The van der Waals surface area contributed by atoms with Crippen LogP contribution in [0.5, 0.6) is 11.5 Å². The minimum atomic E-state index is -4.62. The van der Waals surface area contributed by atoms with Crippen LogP contribution in [0.1, 0.15) is 11.3 Å². The van der Waals surface area contributed by atoms with E-state index in [1.54, 1.807) is 31.2 Å². The minimum absolute atomic E-state index is 0.0565. The molecule has 1 heterocycles. The average molecular weight is 420 g/mol. The molecule has 8 nitrogen and oxygen atoms in total.